The lowest BCUT2D eigenvalue weighted by Gasteiger charge is -2.32. The van der Waals surface area contributed by atoms with Crippen molar-refractivity contribution < 1.29 is 9.59 Å². The highest BCUT2D eigenvalue weighted by Gasteiger charge is 2.27. The Kier molecular flexibility index (Phi) is 5.78. The average Bonchev–Trinajstić information content (AvgIpc) is 3.09. The highest BCUT2D eigenvalue weighted by Crippen LogP contribution is 2.30. The van der Waals surface area contributed by atoms with Crippen LogP contribution >= 0.6 is 0 Å². The zero-order valence-electron chi connectivity index (χ0n) is 16.1. The number of hydrogen-bond acceptors (Lipinski definition) is 3. The van der Waals surface area contributed by atoms with Crippen LogP contribution in [0, 0.1) is 0 Å². The fourth-order valence-electron chi connectivity index (χ4n) is 3.47. The molecule has 1 aromatic carbocycles. The van der Waals surface area contributed by atoms with Crippen LogP contribution in [0.25, 0.3) is 0 Å². The summed E-state index contributed by atoms with van der Waals surface area (Å²) in [5.41, 5.74) is 3.58. The van der Waals surface area contributed by atoms with Gasteiger partial charge in [0.25, 0.3) is 0 Å². The minimum absolute atomic E-state index is 0.0961. The number of likely N-dealkylation sites (tertiary alicyclic amines) is 1. The lowest BCUT2D eigenvalue weighted by Crippen LogP contribution is -2.41. The van der Waals surface area contributed by atoms with E-state index >= 15 is 0 Å². The molecule has 0 aliphatic carbocycles. The number of hydrogen-bond donors (Lipinski definition) is 3. The summed E-state index contributed by atoms with van der Waals surface area (Å²) in [6.07, 6.45) is 3.47. The van der Waals surface area contributed by atoms with Gasteiger partial charge in [0.15, 0.2) is 0 Å². The smallest absolute Gasteiger partial charge is 0.321 e. The van der Waals surface area contributed by atoms with Gasteiger partial charge in [0.05, 0.1) is 17.6 Å². The number of aromatic nitrogens is 2. The molecule has 3 N–H and O–H groups in total. The second kappa shape index (κ2) is 8.24. The first-order chi connectivity index (χ1) is 12.9. The van der Waals surface area contributed by atoms with Gasteiger partial charge in [-0.25, -0.2) is 4.79 Å². The van der Waals surface area contributed by atoms with Crippen LogP contribution in [0.4, 0.5) is 16.2 Å². The van der Waals surface area contributed by atoms with Crippen LogP contribution in [0.15, 0.2) is 30.5 Å². The lowest BCUT2D eigenvalue weighted by atomic mass is 9.94. The SMILES string of the molecule is CC(=O)Nc1cn[nH]c1C1CCCN(C(=O)Nc2cccc(C(C)C)c2)C1. The third-order valence-electron chi connectivity index (χ3n) is 4.90. The minimum Gasteiger partial charge on any atom is -0.324 e. The van der Waals surface area contributed by atoms with Crippen LogP contribution in [-0.4, -0.2) is 40.1 Å². The number of aromatic amines is 1. The lowest BCUT2D eigenvalue weighted by molar-refractivity contribution is -0.114. The topological polar surface area (TPSA) is 90.1 Å². The van der Waals surface area contributed by atoms with E-state index in [1.807, 2.05) is 23.1 Å². The summed E-state index contributed by atoms with van der Waals surface area (Å²) in [6, 6.07) is 7.87. The van der Waals surface area contributed by atoms with Crippen molar-refractivity contribution in [3.63, 3.8) is 0 Å². The second-order valence-corrected chi connectivity index (χ2v) is 7.37. The molecule has 1 unspecified atom stereocenters. The zero-order valence-corrected chi connectivity index (χ0v) is 16.1. The standard InChI is InChI=1S/C20H27N5O2/c1-13(2)15-6-4-8-17(10-15)23-20(27)25-9-5-7-16(12-25)19-18(11-21-24-19)22-14(3)26/h4,6,8,10-11,13,16H,5,7,9,12H2,1-3H3,(H,21,24)(H,22,26)(H,23,27). The molecular formula is C20H27N5O2. The molecule has 1 aliphatic heterocycles. The van der Waals surface area contributed by atoms with E-state index in [-0.39, 0.29) is 17.9 Å². The third-order valence-corrected chi connectivity index (χ3v) is 4.90. The number of H-pyrrole nitrogens is 1. The van der Waals surface area contributed by atoms with Crippen LogP contribution in [-0.2, 0) is 4.79 Å². The van der Waals surface area contributed by atoms with Gasteiger partial charge in [-0.2, -0.15) is 5.10 Å². The van der Waals surface area contributed by atoms with Gasteiger partial charge in [-0.15, -0.1) is 0 Å². The fraction of sp³-hybridized carbons (Fsp3) is 0.450. The molecule has 0 saturated carbocycles. The molecule has 2 aromatic rings. The van der Waals surface area contributed by atoms with Crippen molar-refractivity contribution >= 4 is 23.3 Å². The number of amides is 3. The largest absolute Gasteiger partial charge is 0.324 e. The zero-order chi connectivity index (χ0) is 19.4. The molecule has 27 heavy (non-hydrogen) atoms. The van der Waals surface area contributed by atoms with Gasteiger partial charge in [-0.3, -0.25) is 9.89 Å². The highest BCUT2D eigenvalue weighted by molar-refractivity contribution is 5.90. The molecule has 1 saturated heterocycles. The summed E-state index contributed by atoms with van der Waals surface area (Å²) >= 11 is 0. The molecule has 1 aliphatic rings. The molecule has 144 valence electrons. The maximum Gasteiger partial charge on any atom is 0.321 e. The predicted molar refractivity (Wildman–Crippen MR) is 106 cm³/mol. The summed E-state index contributed by atoms with van der Waals surface area (Å²) in [6.45, 7) is 7.05. The van der Waals surface area contributed by atoms with E-state index in [1.54, 1.807) is 6.20 Å². The number of nitrogens with one attached hydrogen (secondary N) is 3. The summed E-state index contributed by atoms with van der Waals surface area (Å²) in [7, 11) is 0. The number of rotatable bonds is 4. The number of anilines is 2. The van der Waals surface area contributed by atoms with Crippen molar-refractivity contribution in [1.82, 2.24) is 15.1 Å². The van der Waals surface area contributed by atoms with Crippen molar-refractivity contribution in [2.24, 2.45) is 0 Å². The summed E-state index contributed by atoms with van der Waals surface area (Å²) in [5, 5.41) is 12.9. The summed E-state index contributed by atoms with van der Waals surface area (Å²) in [4.78, 5) is 25.9. The van der Waals surface area contributed by atoms with Gasteiger partial charge in [0, 0.05) is 31.6 Å². The monoisotopic (exact) mass is 369 g/mol. The Hall–Kier alpha value is -2.83. The Morgan fingerprint density at radius 3 is 2.85 bits per heavy atom. The fourth-order valence-corrected chi connectivity index (χ4v) is 3.47. The Morgan fingerprint density at radius 2 is 2.11 bits per heavy atom. The van der Waals surface area contributed by atoms with Crippen LogP contribution in [0.3, 0.4) is 0 Å². The van der Waals surface area contributed by atoms with E-state index in [0.717, 1.165) is 30.8 Å². The van der Waals surface area contributed by atoms with E-state index in [1.165, 1.54) is 12.5 Å². The van der Waals surface area contributed by atoms with Crippen molar-refractivity contribution in [3.8, 4) is 0 Å². The molecule has 1 aromatic heterocycles. The molecule has 7 nitrogen and oxygen atoms in total. The normalized spacial score (nSPS) is 17.0. The number of piperidine rings is 1. The van der Waals surface area contributed by atoms with E-state index in [4.69, 9.17) is 0 Å². The highest BCUT2D eigenvalue weighted by atomic mass is 16.2. The first-order valence-corrected chi connectivity index (χ1v) is 9.40. The van der Waals surface area contributed by atoms with Crippen LogP contribution in [0.2, 0.25) is 0 Å². The van der Waals surface area contributed by atoms with Crippen molar-refractivity contribution in [1.29, 1.82) is 0 Å². The Morgan fingerprint density at radius 1 is 1.30 bits per heavy atom. The molecule has 0 radical (unpaired) electrons. The predicted octanol–water partition coefficient (Wildman–Crippen LogP) is 3.90. The molecule has 2 heterocycles. The van der Waals surface area contributed by atoms with Gasteiger partial charge in [-0.1, -0.05) is 26.0 Å². The minimum atomic E-state index is -0.131. The maximum atomic E-state index is 12.7. The van der Waals surface area contributed by atoms with E-state index < -0.39 is 0 Å². The van der Waals surface area contributed by atoms with Crippen molar-refractivity contribution in [3.05, 3.63) is 41.7 Å². The third kappa shape index (κ3) is 4.67. The van der Waals surface area contributed by atoms with Gasteiger partial charge in [0.2, 0.25) is 5.91 Å². The number of carbonyl (C=O) groups excluding carboxylic acids is 2. The number of nitrogens with zero attached hydrogens (tertiary/aromatic N) is 2. The van der Waals surface area contributed by atoms with Crippen LogP contribution in [0.5, 0.6) is 0 Å². The maximum absolute atomic E-state index is 12.7. The number of benzene rings is 1. The second-order valence-electron chi connectivity index (χ2n) is 7.37. The van der Waals surface area contributed by atoms with Gasteiger partial charge < -0.3 is 15.5 Å². The average molecular weight is 369 g/mol. The van der Waals surface area contributed by atoms with E-state index in [9.17, 15) is 9.59 Å². The van der Waals surface area contributed by atoms with Crippen LogP contribution in [0.1, 0.15) is 56.7 Å². The molecule has 7 heteroatoms. The first-order valence-electron chi connectivity index (χ1n) is 9.40. The molecule has 3 rings (SSSR count). The van der Waals surface area contributed by atoms with Gasteiger partial charge in [-0.05, 0) is 36.5 Å². The van der Waals surface area contributed by atoms with E-state index in [0.29, 0.717) is 18.2 Å². The molecule has 0 bridgehead atoms. The Labute approximate surface area is 159 Å². The molecule has 1 fully saturated rings. The quantitative estimate of drug-likeness (QED) is 0.763. The van der Waals surface area contributed by atoms with Crippen LogP contribution < -0.4 is 10.6 Å². The Balaban J connectivity index is 1.67. The Bertz CT molecular complexity index is 814. The molecule has 0 spiro atoms. The number of urea groups is 1. The molecule has 1 atom stereocenters. The summed E-state index contributed by atoms with van der Waals surface area (Å²) < 4.78 is 0. The van der Waals surface area contributed by atoms with Crippen molar-refractivity contribution in [2.45, 2.75) is 45.4 Å². The number of carbonyl (C=O) groups is 2. The molecule has 3 amide bonds. The first kappa shape index (κ1) is 18.9. The summed E-state index contributed by atoms with van der Waals surface area (Å²) in [5.74, 6) is 0.401. The van der Waals surface area contributed by atoms with E-state index in [2.05, 4.69) is 40.7 Å². The van der Waals surface area contributed by atoms with Gasteiger partial charge >= 0.3 is 6.03 Å². The molecular weight excluding hydrogens is 342 g/mol. The van der Waals surface area contributed by atoms with Crippen molar-refractivity contribution in [2.75, 3.05) is 23.7 Å². The van der Waals surface area contributed by atoms with Gasteiger partial charge in [0.1, 0.15) is 0 Å².